The topological polar surface area (TPSA) is 62.5 Å². The molecule has 0 aliphatic heterocycles. The monoisotopic (exact) mass is 342 g/mol. The van der Waals surface area contributed by atoms with E-state index >= 15 is 0 Å². The second kappa shape index (κ2) is 9.87. The SMILES string of the molecule is CCNC(=NCc1ccccc1CC)NCc1c(CC)noc1CC. The number of nitrogens with one attached hydrogen (secondary N) is 2. The Morgan fingerprint density at radius 3 is 2.40 bits per heavy atom. The first-order chi connectivity index (χ1) is 12.2. The van der Waals surface area contributed by atoms with Crippen molar-refractivity contribution < 1.29 is 4.52 Å². The summed E-state index contributed by atoms with van der Waals surface area (Å²) >= 11 is 0. The van der Waals surface area contributed by atoms with Gasteiger partial charge in [0, 0.05) is 25.1 Å². The van der Waals surface area contributed by atoms with E-state index in [2.05, 4.69) is 67.8 Å². The Balaban J connectivity index is 2.09. The highest BCUT2D eigenvalue weighted by Crippen LogP contribution is 2.15. The van der Waals surface area contributed by atoms with E-state index in [1.807, 2.05) is 0 Å². The van der Waals surface area contributed by atoms with E-state index in [0.717, 1.165) is 48.8 Å². The molecule has 2 rings (SSSR count). The molecule has 0 atom stereocenters. The molecule has 0 spiro atoms. The van der Waals surface area contributed by atoms with Gasteiger partial charge in [0.1, 0.15) is 5.76 Å². The van der Waals surface area contributed by atoms with E-state index < -0.39 is 0 Å². The zero-order valence-electron chi connectivity index (χ0n) is 15.9. The fraction of sp³-hybridized carbons (Fsp3) is 0.500. The first kappa shape index (κ1) is 19.0. The first-order valence-electron chi connectivity index (χ1n) is 9.28. The van der Waals surface area contributed by atoms with Crippen LogP contribution in [-0.4, -0.2) is 17.7 Å². The van der Waals surface area contributed by atoms with Crippen LogP contribution in [0.3, 0.4) is 0 Å². The number of aliphatic imine (C=N–C) groups is 1. The van der Waals surface area contributed by atoms with E-state index in [4.69, 9.17) is 9.52 Å². The molecule has 0 saturated heterocycles. The van der Waals surface area contributed by atoms with Gasteiger partial charge in [0.25, 0.3) is 0 Å². The predicted molar refractivity (Wildman–Crippen MR) is 103 cm³/mol. The number of hydrogen-bond donors (Lipinski definition) is 2. The third kappa shape index (κ3) is 5.08. The molecule has 5 heteroatoms. The Kier molecular flexibility index (Phi) is 7.51. The minimum absolute atomic E-state index is 0.671. The lowest BCUT2D eigenvalue weighted by atomic mass is 10.1. The van der Waals surface area contributed by atoms with Crippen molar-refractivity contribution in [3.8, 4) is 0 Å². The maximum absolute atomic E-state index is 5.44. The third-order valence-electron chi connectivity index (χ3n) is 4.29. The van der Waals surface area contributed by atoms with Crippen molar-refractivity contribution in [2.45, 2.75) is 60.0 Å². The number of rotatable bonds is 8. The van der Waals surface area contributed by atoms with Gasteiger partial charge in [-0.15, -0.1) is 0 Å². The Hall–Kier alpha value is -2.30. The summed E-state index contributed by atoms with van der Waals surface area (Å²) in [6.07, 6.45) is 2.75. The molecule has 5 nitrogen and oxygen atoms in total. The maximum atomic E-state index is 5.44. The standard InChI is InChI=1S/C20H30N4O/c1-5-15-11-9-10-12-16(15)13-22-20(21-8-4)23-14-17-18(6-2)24-25-19(17)7-3/h9-12H,5-8,13-14H2,1-4H3,(H2,21,22,23). The van der Waals surface area contributed by atoms with Gasteiger partial charge in [-0.2, -0.15) is 0 Å². The molecule has 0 aliphatic carbocycles. The minimum Gasteiger partial charge on any atom is -0.361 e. The normalized spacial score (nSPS) is 11.6. The highest BCUT2D eigenvalue weighted by molar-refractivity contribution is 5.79. The van der Waals surface area contributed by atoms with E-state index in [-0.39, 0.29) is 0 Å². The third-order valence-corrected chi connectivity index (χ3v) is 4.29. The molecule has 1 heterocycles. The Morgan fingerprint density at radius 1 is 1.00 bits per heavy atom. The minimum atomic E-state index is 0.671. The summed E-state index contributed by atoms with van der Waals surface area (Å²) in [6.45, 7) is 10.6. The van der Waals surface area contributed by atoms with Gasteiger partial charge in [-0.1, -0.05) is 50.2 Å². The van der Waals surface area contributed by atoms with Crippen molar-refractivity contribution in [2.24, 2.45) is 4.99 Å². The van der Waals surface area contributed by atoms with Crippen molar-refractivity contribution in [1.29, 1.82) is 0 Å². The van der Waals surface area contributed by atoms with E-state index in [1.54, 1.807) is 0 Å². The highest BCUT2D eigenvalue weighted by Gasteiger charge is 2.13. The number of aryl methyl sites for hydroxylation is 3. The lowest BCUT2D eigenvalue weighted by Gasteiger charge is -2.12. The van der Waals surface area contributed by atoms with Crippen LogP contribution in [0.2, 0.25) is 0 Å². The van der Waals surface area contributed by atoms with Gasteiger partial charge < -0.3 is 15.2 Å². The molecule has 2 N–H and O–H groups in total. The maximum Gasteiger partial charge on any atom is 0.191 e. The molecule has 1 aromatic carbocycles. The molecule has 0 bridgehead atoms. The molecule has 0 saturated carbocycles. The summed E-state index contributed by atoms with van der Waals surface area (Å²) in [5.41, 5.74) is 4.81. The zero-order valence-corrected chi connectivity index (χ0v) is 15.9. The summed E-state index contributed by atoms with van der Waals surface area (Å²) < 4.78 is 5.44. The lowest BCUT2D eigenvalue weighted by molar-refractivity contribution is 0.380. The highest BCUT2D eigenvalue weighted by atomic mass is 16.5. The molecule has 0 amide bonds. The molecular weight excluding hydrogens is 312 g/mol. The molecule has 0 aliphatic rings. The van der Waals surface area contributed by atoms with Gasteiger partial charge in [0.2, 0.25) is 0 Å². The largest absolute Gasteiger partial charge is 0.361 e. The van der Waals surface area contributed by atoms with Crippen molar-refractivity contribution in [3.63, 3.8) is 0 Å². The number of hydrogen-bond acceptors (Lipinski definition) is 3. The second-order valence-electron chi connectivity index (χ2n) is 5.91. The van der Waals surface area contributed by atoms with Gasteiger partial charge in [-0.25, -0.2) is 4.99 Å². The second-order valence-corrected chi connectivity index (χ2v) is 5.91. The molecule has 136 valence electrons. The predicted octanol–water partition coefficient (Wildman–Crippen LogP) is 3.62. The van der Waals surface area contributed by atoms with Crippen molar-refractivity contribution in [2.75, 3.05) is 6.54 Å². The molecule has 25 heavy (non-hydrogen) atoms. The summed E-state index contributed by atoms with van der Waals surface area (Å²) in [5, 5.41) is 10.9. The summed E-state index contributed by atoms with van der Waals surface area (Å²) in [4.78, 5) is 4.75. The number of aromatic nitrogens is 1. The number of guanidine groups is 1. The van der Waals surface area contributed by atoms with E-state index in [0.29, 0.717) is 13.1 Å². The fourth-order valence-corrected chi connectivity index (χ4v) is 2.87. The van der Waals surface area contributed by atoms with Gasteiger partial charge in [-0.3, -0.25) is 0 Å². The van der Waals surface area contributed by atoms with Crippen LogP contribution in [0.15, 0.2) is 33.8 Å². The van der Waals surface area contributed by atoms with Crippen LogP contribution in [0.5, 0.6) is 0 Å². The van der Waals surface area contributed by atoms with Crippen LogP contribution in [0, 0.1) is 0 Å². The van der Waals surface area contributed by atoms with E-state index in [9.17, 15) is 0 Å². The van der Waals surface area contributed by atoms with Crippen LogP contribution < -0.4 is 10.6 Å². The summed E-state index contributed by atoms with van der Waals surface area (Å²) in [7, 11) is 0. The van der Waals surface area contributed by atoms with Crippen molar-refractivity contribution >= 4 is 5.96 Å². The van der Waals surface area contributed by atoms with Crippen LogP contribution in [0.4, 0.5) is 0 Å². The Bertz CT molecular complexity index is 669. The number of benzene rings is 1. The molecular formula is C20H30N4O. The molecule has 2 aromatic rings. The Morgan fingerprint density at radius 2 is 1.76 bits per heavy atom. The summed E-state index contributed by atoms with van der Waals surface area (Å²) in [5.74, 6) is 1.77. The van der Waals surface area contributed by atoms with Crippen LogP contribution in [-0.2, 0) is 32.4 Å². The smallest absolute Gasteiger partial charge is 0.191 e. The lowest BCUT2D eigenvalue weighted by Crippen LogP contribution is -2.37. The average molecular weight is 342 g/mol. The zero-order chi connectivity index (χ0) is 18.1. The van der Waals surface area contributed by atoms with Crippen LogP contribution in [0.1, 0.15) is 55.8 Å². The molecule has 1 aromatic heterocycles. The van der Waals surface area contributed by atoms with E-state index in [1.165, 1.54) is 11.1 Å². The van der Waals surface area contributed by atoms with Gasteiger partial charge >= 0.3 is 0 Å². The first-order valence-corrected chi connectivity index (χ1v) is 9.28. The molecule has 0 radical (unpaired) electrons. The van der Waals surface area contributed by atoms with Gasteiger partial charge in [-0.05, 0) is 30.9 Å². The van der Waals surface area contributed by atoms with Crippen LogP contribution >= 0.6 is 0 Å². The van der Waals surface area contributed by atoms with Crippen molar-refractivity contribution in [3.05, 3.63) is 52.4 Å². The molecule has 0 unspecified atom stereocenters. The molecule has 0 fully saturated rings. The van der Waals surface area contributed by atoms with Crippen LogP contribution in [0.25, 0.3) is 0 Å². The quantitative estimate of drug-likeness (QED) is 0.568. The Labute approximate surface area is 150 Å². The number of nitrogens with zero attached hydrogens (tertiary/aromatic N) is 2. The van der Waals surface area contributed by atoms with Gasteiger partial charge in [0.15, 0.2) is 5.96 Å². The summed E-state index contributed by atoms with van der Waals surface area (Å²) in [6, 6.07) is 8.47. The average Bonchev–Trinajstić information content (AvgIpc) is 3.06. The van der Waals surface area contributed by atoms with Gasteiger partial charge in [0.05, 0.1) is 12.2 Å². The fourth-order valence-electron chi connectivity index (χ4n) is 2.87. The van der Waals surface area contributed by atoms with Crippen molar-refractivity contribution in [1.82, 2.24) is 15.8 Å².